The summed E-state index contributed by atoms with van der Waals surface area (Å²) in [6.45, 7) is 0.597. The first-order chi connectivity index (χ1) is 7.43. The van der Waals surface area contributed by atoms with Crippen LogP contribution in [0.2, 0.25) is 0 Å². The molecular weight excluding hydrogens is 190 g/mol. The van der Waals surface area contributed by atoms with Crippen molar-refractivity contribution in [1.82, 2.24) is 4.98 Å². The third kappa shape index (κ3) is 1.51. The highest BCUT2D eigenvalue weighted by Gasteiger charge is 2.21. The molecule has 2 heterocycles. The molecule has 1 aromatic heterocycles. The second kappa shape index (κ2) is 3.44. The number of fused-ring (bicyclic) bond motifs is 1. The third-order valence-electron chi connectivity index (χ3n) is 2.47. The van der Waals surface area contributed by atoms with Crippen molar-refractivity contribution >= 4 is 0 Å². The van der Waals surface area contributed by atoms with Crippen molar-refractivity contribution in [2.75, 3.05) is 0 Å². The van der Waals surface area contributed by atoms with E-state index in [-0.39, 0.29) is 6.29 Å². The Hall–Kier alpha value is -1.74. The van der Waals surface area contributed by atoms with Crippen LogP contribution in [0.4, 0.5) is 0 Å². The second-order valence-corrected chi connectivity index (χ2v) is 3.49. The molecule has 76 valence electrons. The maximum atomic E-state index is 5.72. The summed E-state index contributed by atoms with van der Waals surface area (Å²) in [5.41, 5.74) is 2.05. The molecule has 1 atom stereocenters. The fraction of sp³-hybridized carbons (Fsp3) is 0.167. The largest absolute Gasteiger partial charge is 0.459 e. The Morgan fingerprint density at radius 2 is 2.07 bits per heavy atom. The SMILES string of the molecule is c1c[nH]c(C2OCc3ccccc3O2)c1. The first-order valence-electron chi connectivity index (χ1n) is 4.93. The third-order valence-corrected chi connectivity index (χ3v) is 2.47. The highest BCUT2D eigenvalue weighted by Crippen LogP contribution is 2.31. The number of H-pyrrole nitrogens is 1. The minimum atomic E-state index is -0.310. The van der Waals surface area contributed by atoms with E-state index in [2.05, 4.69) is 4.98 Å². The predicted octanol–water partition coefficient (Wildman–Crippen LogP) is 2.62. The van der Waals surface area contributed by atoms with Gasteiger partial charge in [0.1, 0.15) is 5.75 Å². The molecule has 0 spiro atoms. The molecule has 1 N–H and O–H groups in total. The van der Waals surface area contributed by atoms with Crippen molar-refractivity contribution in [3.05, 3.63) is 53.9 Å². The first kappa shape index (κ1) is 8.56. The molecular formula is C12H11NO2. The fourth-order valence-corrected chi connectivity index (χ4v) is 1.70. The smallest absolute Gasteiger partial charge is 0.241 e. The van der Waals surface area contributed by atoms with Gasteiger partial charge in [-0.2, -0.15) is 0 Å². The van der Waals surface area contributed by atoms with E-state index in [1.54, 1.807) is 0 Å². The molecule has 15 heavy (non-hydrogen) atoms. The molecule has 1 aliphatic rings. The van der Waals surface area contributed by atoms with Gasteiger partial charge in [-0.25, -0.2) is 0 Å². The Morgan fingerprint density at radius 1 is 1.13 bits per heavy atom. The molecule has 0 bridgehead atoms. The van der Waals surface area contributed by atoms with Crippen LogP contribution in [0.25, 0.3) is 0 Å². The average molecular weight is 201 g/mol. The van der Waals surface area contributed by atoms with Gasteiger partial charge in [0.15, 0.2) is 0 Å². The number of hydrogen-bond donors (Lipinski definition) is 1. The molecule has 2 aromatic rings. The molecule has 0 amide bonds. The first-order valence-corrected chi connectivity index (χ1v) is 4.93. The van der Waals surface area contributed by atoms with Crippen LogP contribution in [0.1, 0.15) is 17.5 Å². The molecule has 3 heteroatoms. The topological polar surface area (TPSA) is 34.2 Å². The van der Waals surface area contributed by atoms with Gasteiger partial charge < -0.3 is 14.5 Å². The van der Waals surface area contributed by atoms with Crippen molar-refractivity contribution in [2.45, 2.75) is 12.9 Å². The lowest BCUT2D eigenvalue weighted by Gasteiger charge is -2.25. The lowest BCUT2D eigenvalue weighted by atomic mass is 10.2. The molecule has 0 saturated heterocycles. The minimum absolute atomic E-state index is 0.310. The zero-order valence-electron chi connectivity index (χ0n) is 8.14. The number of aromatic nitrogens is 1. The van der Waals surface area contributed by atoms with E-state index in [1.807, 2.05) is 42.6 Å². The highest BCUT2D eigenvalue weighted by molar-refractivity contribution is 5.34. The number of nitrogens with one attached hydrogen (secondary N) is 1. The molecule has 0 radical (unpaired) electrons. The van der Waals surface area contributed by atoms with Gasteiger partial charge in [0.05, 0.1) is 12.3 Å². The zero-order valence-corrected chi connectivity index (χ0v) is 8.14. The number of benzene rings is 1. The van der Waals surface area contributed by atoms with E-state index < -0.39 is 0 Å². The van der Waals surface area contributed by atoms with E-state index in [1.165, 1.54) is 0 Å². The Bertz CT molecular complexity index is 450. The summed E-state index contributed by atoms with van der Waals surface area (Å²) in [5.74, 6) is 0.906. The lowest BCUT2D eigenvalue weighted by molar-refractivity contribution is -0.113. The van der Waals surface area contributed by atoms with Gasteiger partial charge in [-0.05, 0) is 18.2 Å². The van der Waals surface area contributed by atoms with Gasteiger partial charge in [0, 0.05) is 11.8 Å². The van der Waals surface area contributed by atoms with Gasteiger partial charge in [0.2, 0.25) is 6.29 Å². The summed E-state index contributed by atoms with van der Waals surface area (Å²) in [6.07, 6.45) is 1.55. The summed E-state index contributed by atoms with van der Waals surface area (Å²) in [5, 5.41) is 0. The van der Waals surface area contributed by atoms with Gasteiger partial charge in [-0.15, -0.1) is 0 Å². The van der Waals surface area contributed by atoms with Crippen LogP contribution < -0.4 is 4.74 Å². The molecule has 0 fully saturated rings. The highest BCUT2D eigenvalue weighted by atomic mass is 16.7. The Kier molecular flexibility index (Phi) is 1.96. The van der Waals surface area contributed by atoms with Crippen molar-refractivity contribution in [2.24, 2.45) is 0 Å². The van der Waals surface area contributed by atoms with Crippen molar-refractivity contribution < 1.29 is 9.47 Å². The minimum Gasteiger partial charge on any atom is -0.459 e. The van der Waals surface area contributed by atoms with Crippen molar-refractivity contribution in [3.63, 3.8) is 0 Å². The Balaban J connectivity index is 1.89. The number of rotatable bonds is 1. The van der Waals surface area contributed by atoms with E-state index in [4.69, 9.17) is 9.47 Å². The molecule has 3 rings (SSSR count). The van der Waals surface area contributed by atoms with Crippen LogP contribution in [-0.4, -0.2) is 4.98 Å². The molecule has 1 aliphatic heterocycles. The monoisotopic (exact) mass is 201 g/mol. The maximum Gasteiger partial charge on any atom is 0.241 e. The second-order valence-electron chi connectivity index (χ2n) is 3.49. The van der Waals surface area contributed by atoms with E-state index in [9.17, 15) is 0 Å². The standard InChI is InChI=1S/C12H11NO2/c1-2-6-11-9(4-1)8-14-12(15-11)10-5-3-7-13-10/h1-7,12-13H,8H2. The number of aromatic amines is 1. The maximum absolute atomic E-state index is 5.72. The van der Waals surface area contributed by atoms with Crippen LogP contribution in [0.3, 0.4) is 0 Å². The molecule has 3 nitrogen and oxygen atoms in total. The normalized spacial score (nSPS) is 19.3. The number of ether oxygens (including phenoxy) is 2. The van der Waals surface area contributed by atoms with Gasteiger partial charge in [-0.3, -0.25) is 0 Å². The molecule has 0 saturated carbocycles. The lowest BCUT2D eigenvalue weighted by Crippen LogP contribution is -2.17. The summed E-state index contributed by atoms with van der Waals surface area (Å²) < 4.78 is 11.3. The van der Waals surface area contributed by atoms with Crippen LogP contribution in [0.5, 0.6) is 5.75 Å². The summed E-state index contributed by atoms with van der Waals surface area (Å²) >= 11 is 0. The van der Waals surface area contributed by atoms with Crippen molar-refractivity contribution in [1.29, 1.82) is 0 Å². The Morgan fingerprint density at radius 3 is 2.93 bits per heavy atom. The zero-order chi connectivity index (χ0) is 10.1. The quantitative estimate of drug-likeness (QED) is 0.769. The van der Waals surface area contributed by atoms with Gasteiger partial charge >= 0.3 is 0 Å². The molecule has 1 unspecified atom stereocenters. The fourth-order valence-electron chi connectivity index (χ4n) is 1.70. The number of para-hydroxylation sites is 1. The van der Waals surface area contributed by atoms with E-state index in [0.717, 1.165) is 17.0 Å². The van der Waals surface area contributed by atoms with Crippen molar-refractivity contribution in [3.8, 4) is 5.75 Å². The molecule has 0 aliphatic carbocycles. The number of hydrogen-bond acceptors (Lipinski definition) is 2. The summed E-state index contributed by atoms with van der Waals surface area (Å²) in [7, 11) is 0. The van der Waals surface area contributed by atoms with Gasteiger partial charge in [0.25, 0.3) is 0 Å². The van der Waals surface area contributed by atoms with Crippen LogP contribution in [0.15, 0.2) is 42.6 Å². The van der Waals surface area contributed by atoms with E-state index >= 15 is 0 Å². The van der Waals surface area contributed by atoms with Crippen LogP contribution in [-0.2, 0) is 11.3 Å². The van der Waals surface area contributed by atoms with E-state index in [0.29, 0.717) is 6.61 Å². The predicted molar refractivity (Wildman–Crippen MR) is 55.4 cm³/mol. The Labute approximate surface area is 87.6 Å². The van der Waals surface area contributed by atoms with Crippen LogP contribution >= 0.6 is 0 Å². The van der Waals surface area contributed by atoms with Crippen LogP contribution in [0, 0.1) is 0 Å². The average Bonchev–Trinajstić information content (AvgIpc) is 2.82. The van der Waals surface area contributed by atoms with Gasteiger partial charge in [-0.1, -0.05) is 18.2 Å². The summed E-state index contributed by atoms with van der Waals surface area (Å²) in [4.78, 5) is 3.09. The molecule has 1 aromatic carbocycles. The summed E-state index contributed by atoms with van der Waals surface area (Å²) in [6, 6.07) is 11.8.